The van der Waals surface area contributed by atoms with E-state index in [1.807, 2.05) is 0 Å². The van der Waals surface area contributed by atoms with Crippen LogP contribution < -0.4 is 11.1 Å². The maximum Gasteiger partial charge on any atom is 0.165 e. The molecule has 2 aromatic rings. The summed E-state index contributed by atoms with van der Waals surface area (Å²) < 4.78 is 13.7. The van der Waals surface area contributed by atoms with Crippen molar-refractivity contribution in [2.75, 3.05) is 11.1 Å². The normalized spacial score (nSPS) is 10.3. The van der Waals surface area contributed by atoms with Gasteiger partial charge in [0, 0.05) is 5.56 Å². The van der Waals surface area contributed by atoms with Crippen LogP contribution >= 0.6 is 11.6 Å². The van der Waals surface area contributed by atoms with E-state index in [0.29, 0.717) is 17.2 Å². The van der Waals surface area contributed by atoms with Crippen LogP contribution in [0.5, 0.6) is 0 Å². The van der Waals surface area contributed by atoms with Gasteiger partial charge in [-0.2, -0.15) is 0 Å². The molecule has 1 heterocycles. The van der Waals surface area contributed by atoms with Gasteiger partial charge in [0.05, 0.1) is 10.7 Å². The number of anilines is 3. The summed E-state index contributed by atoms with van der Waals surface area (Å²) in [5, 5.41) is 2.88. The van der Waals surface area contributed by atoms with Gasteiger partial charge in [0.25, 0.3) is 0 Å². The molecule has 0 aliphatic carbocycles. The van der Waals surface area contributed by atoms with Gasteiger partial charge in [0.15, 0.2) is 5.82 Å². The molecule has 0 saturated carbocycles. The molecule has 2 rings (SSSR count). The third-order valence-corrected chi connectivity index (χ3v) is 2.62. The summed E-state index contributed by atoms with van der Waals surface area (Å²) in [6.45, 7) is 1.75. The fraction of sp³-hybridized carbons (Fsp3) is 0.0909. The number of rotatable bonds is 2. The first-order chi connectivity index (χ1) is 8.09. The van der Waals surface area contributed by atoms with Gasteiger partial charge in [-0.1, -0.05) is 17.7 Å². The lowest BCUT2D eigenvalue weighted by Crippen LogP contribution is -2.03. The Kier molecular flexibility index (Phi) is 3.10. The van der Waals surface area contributed by atoms with Gasteiger partial charge in [-0.05, 0) is 19.1 Å². The molecule has 4 nitrogen and oxygen atoms in total. The first kappa shape index (κ1) is 11.6. The molecule has 0 fully saturated rings. The Morgan fingerprint density at radius 2 is 2.12 bits per heavy atom. The van der Waals surface area contributed by atoms with E-state index in [1.54, 1.807) is 19.1 Å². The van der Waals surface area contributed by atoms with Crippen molar-refractivity contribution in [2.24, 2.45) is 0 Å². The number of nitrogens with one attached hydrogen (secondary N) is 1. The molecular weight excluding hydrogens is 243 g/mol. The van der Waals surface area contributed by atoms with Crippen LogP contribution in [0.15, 0.2) is 24.5 Å². The lowest BCUT2D eigenvalue weighted by Gasteiger charge is -2.10. The topological polar surface area (TPSA) is 63.8 Å². The molecule has 17 heavy (non-hydrogen) atoms. The average molecular weight is 253 g/mol. The summed E-state index contributed by atoms with van der Waals surface area (Å²) in [4.78, 5) is 7.82. The summed E-state index contributed by atoms with van der Waals surface area (Å²) in [6, 6.07) is 4.69. The van der Waals surface area contributed by atoms with Gasteiger partial charge in [-0.3, -0.25) is 0 Å². The number of benzene rings is 1. The lowest BCUT2D eigenvalue weighted by molar-refractivity contribution is 0.632. The second kappa shape index (κ2) is 4.55. The van der Waals surface area contributed by atoms with Gasteiger partial charge < -0.3 is 11.1 Å². The zero-order valence-electron chi connectivity index (χ0n) is 9.04. The van der Waals surface area contributed by atoms with E-state index >= 15 is 0 Å². The highest BCUT2D eigenvalue weighted by atomic mass is 35.5. The zero-order chi connectivity index (χ0) is 12.4. The van der Waals surface area contributed by atoms with E-state index in [2.05, 4.69) is 15.3 Å². The number of nitrogen functional groups attached to an aromatic ring is 1. The number of hydrogen-bond acceptors (Lipinski definition) is 4. The number of aromatic nitrogens is 2. The Balaban J connectivity index is 2.38. The predicted molar refractivity (Wildman–Crippen MR) is 65.9 cm³/mol. The second-order valence-corrected chi connectivity index (χ2v) is 3.87. The van der Waals surface area contributed by atoms with E-state index < -0.39 is 5.82 Å². The van der Waals surface area contributed by atoms with Crippen molar-refractivity contribution in [3.05, 3.63) is 40.9 Å². The van der Waals surface area contributed by atoms with Gasteiger partial charge in [0.2, 0.25) is 0 Å². The molecule has 0 aliphatic rings. The van der Waals surface area contributed by atoms with Crippen LogP contribution in [0.2, 0.25) is 5.02 Å². The van der Waals surface area contributed by atoms with Crippen LogP contribution in [0.1, 0.15) is 5.56 Å². The minimum absolute atomic E-state index is 0.0506. The summed E-state index contributed by atoms with van der Waals surface area (Å²) in [6.07, 6.45) is 1.31. The molecule has 0 aliphatic heterocycles. The summed E-state index contributed by atoms with van der Waals surface area (Å²) in [7, 11) is 0. The maximum atomic E-state index is 13.7. The molecule has 0 bridgehead atoms. The number of halogens is 2. The van der Waals surface area contributed by atoms with Gasteiger partial charge >= 0.3 is 0 Å². The summed E-state index contributed by atoms with van der Waals surface area (Å²) in [5.74, 6) is 0.286. The molecule has 1 aromatic heterocycles. The van der Waals surface area contributed by atoms with E-state index in [1.165, 1.54) is 12.4 Å². The van der Waals surface area contributed by atoms with Crippen LogP contribution in [0.4, 0.5) is 21.7 Å². The smallest absolute Gasteiger partial charge is 0.165 e. The zero-order valence-corrected chi connectivity index (χ0v) is 9.79. The van der Waals surface area contributed by atoms with Crippen LogP contribution in [-0.2, 0) is 0 Å². The molecule has 0 spiro atoms. The number of nitrogens with zero attached hydrogens (tertiary/aromatic N) is 2. The van der Waals surface area contributed by atoms with Crippen LogP contribution in [-0.4, -0.2) is 9.97 Å². The van der Waals surface area contributed by atoms with E-state index in [-0.39, 0.29) is 10.7 Å². The first-order valence-corrected chi connectivity index (χ1v) is 5.25. The first-order valence-electron chi connectivity index (χ1n) is 4.87. The Morgan fingerprint density at radius 3 is 2.88 bits per heavy atom. The van der Waals surface area contributed by atoms with Gasteiger partial charge in [-0.15, -0.1) is 0 Å². The molecule has 0 unspecified atom stereocenters. The molecule has 0 saturated heterocycles. The maximum absolute atomic E-state index is 13.7. The number of nitrogens with two attached hydrogens (primary N) is 1. The molecule has 0 atom stereocenters. The molecule has 0 amide bonds. The molecule has 0 radical (unpaired) electrons. The molecule has 1 aromatic carbocycles. The van der Waals surface area contributed by atoms with Crippen molar-refractivity contribution in [1.82, 2.24) is 9.97 Å². The van der Waals surface area contributed by atoms with Crippen LogP contribution in [0, 0.1) is 12.7 Å². The molecule has 88 valence electrons. The van der Waals surface area contributed by atoms with Gasteiger partial charge in [-0.25, -0.2) is 14.4 Å². The highest BCUT2D eigenvalue weighted by Crippen LogP contribution is 2.26. The minimum atomic E-state index is -0.522. The van der Waals surface area contributed by atoms with Crippen LogP contribution in [0.3, 0.4) is 0 Å². The third kappa shape index (κ3) is 2.29. The van der Waals surface area contributed by atoms with Crippen molar-refractivity contribution in [3.8, 4) is 0 Å². The Hall–Kier alpha value is -1.88. The van der Waals surface area contributed by atoms with Crippen molar-refractivity contribution in [3.63, 3.8) is 0 Å². The fourth-order valence-corrected chi connectivity index (χ4v) is 1.49. The monoisotopic (exact) mass is 252 g/mol. The Morgan fingerprint density at radius 1 is 1.35 bits per heavy atom. The predicted octanol–water partition coefficient (Wildman–Crippen LogP) is 2.90. The molecule has 3 N–H and O–H groups in total. The van der Waals surface area contributed by atoms with Crippen molar-refractivity contribution >= 4 is 28.9 Å². The van der Waals surface area contributed by atoms with Gasteiger partial charge in [0.1, 0.15) is 18.0 Å². The number of hydrogen-bond donors (Lipinski definition) is 2. The molecular formula is C11H10ClFN4. The van der Waals surface area contributed by atoms with Crippen molar-refractivity contribution in [2.45, 2.75) is 6.92 Å². The van der Waals surface area contributed by atoms with E-state index in [9.17, 15) is 4.39 Å². The Bertz CT molecular complexity index is 510. The Labute approximate surface area is 103 Å². The highest BCUT2D eigenvalue weighted by molar-refractivity contribution is 6.31. The highest BCUT2D eigenvalue weighted by Gasteiger charge is 2.09. The van der Waals surface area contributed by atoms with Crippen molar-refractivity contribution < 1.29 is 4.39 Å². The SMILES string of the molecule is Cc1c(N)ncnc1Nc1cccc(Cl)c1F. The second-order valence-electron chi connectivity index (χ2n) is 3.46. The standard InChI is InChI=1S/C11H10ClFN4/c1-6-10(14)15-5-16-11(6)17-8-4-2-3-7(12)9(8)13/h2-5H,1H3,(H3,14,15,16,17). The molecule has 6 heteroatoms. The van der Waals surface area contributed by atoms with E-state index in [0.717, 1.165) is 0 Å². The quantitative estimate of drug-likeness (QED) is 0.863. The van der Waals surface area contributed by atoms with E-state index in [4.69, 9.17) is 17.3 Å². The van der Waals surface area contributed by atoms with Crippen LogP contribution in [0.25, 0.3) is 0 Å². The summed E-state index contributed by atoms with van der Waals surface area (Å²) >= 11 is 5.68. The average Bonchev–Trinajstić information content (AvgIpc) is 2.31. The largest absolute Gasteiger partial charge is 0.383 e. The fourth-order valence-electron chi connectivity index (χ4n) is 1.32. The van der Waals surface area contributed by atoms with Crippen molar-refractivity contribution in [1.29, 1.82) is 0 Å². The summed E-state index contributed by atoms with van der Waals surface area (Å²) in [5.41, 5.74) is 6.54. The third-order valence-electron chi connectivity index (χ3n) is 2.33. The lowest BCUT2D eigenvalue weighted by atomic mass is 10.2. The minimum Gasteiger partial charge on any atom is -0.383 e.